The lowest BCUT2D eigenvalue weighted by molar-refractivity contribution is 0.0519. The molecule has 0 radical (unpaired) electrons. The van der Waals surface area contributed by atoms with Crippen LogP contribution in [0.2, 0.25) is 0 Å². The number of thiazole rings is 1. The first kappa shape index (κ1) is 13.5. The lowest BCUT2D eigenvalue weighted by Gasteiger charge is -1.98. The van der Waals surface area contributed by atoms with E-state index < -0.39 is 0 Å². The molecule has 0 aliphatic heterocycles. The summed E-state index contributed by atoms with van der Waals surface area (Å²) in [5, 5.41) is 7.56. The van der Waals surface area contributed by atoms with Gasteiger partial charge in [0.15, 0.2) is 16.6 Å². The first-order valence-electron chi connectivity index (χ1n) is 5.90. The van der Waals surface area contributed by atoms with Gasteiger partial charge in [-0.15, -0.1) is 11.3 Å². The van der Waals surface area contributed by atoms with Crippen molar-refractivity contribution in [3.8, 4) is 0 Å². The number of aryl methyl sites for hydroxylation is 2. The Hall–Kier alpha value is -1.89. The highest BCUT2D eigenvalue weighted by atomic mass is 32.1. The van der Waals surface area contributed by atoms with Crippen molar-refractivity contribution in [3.63, 3.8) is 0 Å². The van der Waals surface area contributed by atoms with Crippen molar-refractivity contribution in [1.29, 1.82) is 0 Å². The van der Waals surface area contributed by atoms with Gasteiger partial charge in [-0.3, -0.25) is 0 Å². The number of nitrogens with one attached hydrogen (secondary N) is 1. The van der Waals surface area contributed by atoms with Gasteiger partial charge < -0.3 is 14.6 Å². The molecule has 0 bridgehead atoms. The highest BCUT2D eigenvalue weighted by molar-refractivity contribution is 7.15. The van der Waals surface area contributed by atoms with E-state index in [0.29, 0.717) is 24.0 Å². The number of hydrogen-bond acceptors (Lipinski definition) is 7. The van der Waals surface area contributed by atoms with Crippen LogP contribution in [-0.4, -0.2) is 22.7 Å². The van der Waals surface area contributed by atoms with Gasteiger partial charge in [-0.1, -0.05) is 5.16 Å². The zero-order valence-corrected chi connectivity index (χ0v) is 11.8. The maximum Gasteiger partial charge on any atom is 0.358 e. The van der Waals surface area contributed by atoms with Gasteiger partial charge in [-0.25, -0.2) is 9.78 Å². The van der Waals surface area contributed by atoms with Crippen LogP contribution in [0.1, 0.15) is 33.7 Å². The van der Waals surface area contributed by atoms with Crippen molar-refractivity contribution in [2.24, 2.45) is 0 Å². The minimum Gasteiger partial charge on any atom is -0.461 e. The Morgan fingerprint density at radius 2 is 2.32 bits per heavy atom. The molecule has 0 aliphatic rings. The van der Waals surface area contributed by atoms with E-state index in [1.165, 1.54) is 11.3 Å². The van der Waals surface area contributed by atoms with E-state index in [2.05, 4.69) is 15.5 Å². The second-order valence-corrected chi connectivity index (χ2v) is 5.14. The molecule has 7 heteroatoms. The Morgan fingerprint density at radius 1 is 1.53 bits per heavy atom. The van der Waals surface area contributed by atoms with Crippen LogP contribution in [0.15, 0.2) is 10.6 Å². The molecule has 6 nitrogen and oxygen atoms in total. The molecule has 2 aromatic heterocycles. The summed E-state index contributed by atoms with van der Waals surface area (Å²) in [7, 11) is 0. The van der Waals surface area contributed by atoms with Crippen LogP contribution in [0.25, 0.3) is 0 Å². The molecule has 0 unspecified atom stereocenters. The Bertz CT molecular complexity index is 577. The molecule has 19 heavy (non-hydrogen) atoms. The van der Waals surface area contributed by atoms with Crippen molar-refractivity contribution in [2.45, 2.75) is 27.3 Å². The lowest BCUT2D eigenvalue weighted by Crippen LogP contribution is -2.07. The average molecular weight is 281 g/mol. The Morgan fingerprint density at radius 3 is 2.95 bits per heavy atom. The van der Waals surface area contributed by atoms with Crippen molar-refractivity contribution in [2.75, 3.05) is 11.9 Å². The molecular weight excluding hydrogens is 266 g/mol. The number of carbonyl (C=O) groups is 1. The third-order valence-electron chi connectivity index (χ3n) is 2.36. The summed E-state index contributed by atoms with van der Waals surface area (Å²) in [6.07, 6.45) is 0. The highest BCUT2D eigenvalue weighted by Crippen LogP contribution is 2.23. The fourth-order valence-corrected chi connectivity index (χ4v) is 2.32. The molecule has 0 amide bonds. The molecule has 0 aliphatic carbocycles. The second kappa shape index (κ2) is 5.83. The number of nitrogens with zero attached hydrogens (tertiary/aromatic N) is 2. The van der Waals surface area contributed by atoms with E-state index in [1.54, 1.807) is 6.92 Å². The van der Waals surface area contributed by atoms with Gasteiger partial charge in [0.1, 0.15) is 0 Å². The van der Waals surface area contributed by atoms with Crippen LogP contribution in [0.4, 0.5) is 5.13 Å². The van der Waals surface area contributed by atoms with Crippen LogP contribution in [-0.2, 0) is 11.3 Å². The normalized spacial score (nSPS) is 10.5. The number of anilines is 1. The van der Waals surface area contributed by atoms with Gasteiger partial charge in [-0.05, 0) is 20.8 Å². The molecular formula is C12H15N3O3S. The topological polar surface area (TPSA) is 77.2 Å². The van der Waals surface area contributed by atoms with E-state index in [0.717, 1.165) is 16.3 Å². The van der Waals surface area contributed by atoms with Crippen molar-refractivity contribution in [3.05, 3.63) is 28.1 Å². The highest BCUT2D eigenvalue weighted by Gasteiger charge is 2.16. The van der Waals surface area contributed by atoms with Crippen LogP contribution >= 0.6 is 11.3 Å². The number of esters is 1. The number of rotatable bonds is 5. The smallest absolute Gasteiger partial charge is 0.358 e. The minimum absolute atomic E-state index is 0.343. The molecule has 2 rings (SSSR count). The summed E-state index contributed by atoms with van der Waals surface area (Å²) in [4.78, 5) is 16.7. The summed E-state index contributed by atoms with van der Waals surface area (Å²) < 4.78 is 10.0. The molecule has 102 valence electrons. The number of hydrogen-bond donors (Lipinski definition) is 1. The fourth-order valence-electron chi connectivity index (χ4n) is 1.52. The van der Waals surface area contributed by atoms with E-state index >= 15 is 0 Å². The van der Waals surface area contributed by atoms with E-state index in [-0.39, 0.29) is 5.97 Å². The summed E-state index contributed by atoms with van der Waals surface area (Å²) in [5.74, 6) is 0.336. The summed E-state index contributed by atoms with van der Waals surface area (Å²) in [6, 6.07) is 1.85. The van der Waals surface area contributed by atoms with Crippen LogP contribution in [0, 0.1) is 13.8 Å². The van der Waals surface area contributed by atoms with E-state index in [4.69, 9.17) is 9.26 Å². The number of carbonyl (C=O) groups excluding carboxylic acids is 1. The number of ether oxygens (including phenoxy) is 1. The first-order chi connectivity index (χ1) is 9.10. The summed E-state index contributed by atoms with van der Waals surface area (Å²) in [5.41, 5.74) is 1.20. The van der Waals surface area contributed by atoms with Crippen LogP contribution < -0.4 is 5.32 Å². The van der Waals surface area contributed by atoms with Gasteiger partial charge >= 0.3 is 5.97 Å². The zero-order chi connectivity index (χ0) is 13.8. The largest absolute Gasteiger partial charge is 0.461 e. The number of aromatic nitrogens is 2. The van der Waals surface area contributed by atoms with Gasteiger partial charge in [0.25, 0.3) is 0 Å². The second-order valence-electron chi connectivity index (χ2n) is 3.93. The molecule has 0 spiro atoms. The molecule has 1 N–H and O–H groups in total. The standard InChI is InChI=1S/C12H15N3O3S/c1-4-17-11(16)10-8(3)19-12(14-10)13-6-9-5-7(2)15-18-9/h5H,4,6H2,1-3H3,(H,13,14). The van der Waals surface area contributed by atoms with Gasteiger partial charge in [0.2, 0.25) is 0 Å². The Labute approximate surface area is 114 Å². The minimum atomic E-state index is -0.389. The van der Waals surface area contributed by atoms with Gasteiger partial charge in [-0.2, -0.15) is 0 Å². The lowest BCUT2D eigenvalue weighted by atomic mass is 10.4. The molecule has 0 saturated carbocycles. The third kappa shape index (κ3) is 3.31. The SMILES string of the molecule is CCOC(=O)c1nc(NCc2cc(C)no2)sc1C. The predicted molar refractivity (Wildman–Crippen MR) is 71.4 cm³/mol. The van der Waals surface area contributed by atoms with Crippen molar-refractivity contribution < 1.29 is 14.1 Å². The summed E-state index contributed by atoms with van der Waals surface area (Å²) in [6.45, 7) is 6.30. The Balaban J connectivity index is 2.01. The van der Waals surface area contributed by atoms with Gasteiger partial charge in [0, 0.05) is 10.9 Å². The quantitative estimate of drug-likeness (QED) is 0.849. The predicted octanol–water partition coefficient (Wildman–Crippen LogP) is 2.54. The van der Waals surface area contributed by atoms with Crippen LogP contribution in [0.5, 0.6) is 0 Å². The molecule has 0 atom stereocenters. The van der Waals surface area contributed by atoms with Crippen LogP contribution in [0.3, 0.4) is 0 Å². The zero-order valence-electron chi connectivity index (χ0n) is 11.0. The van der Waals surface area contributed by atoms with E-state index in [9.17, 15) is 4.79 Å². The van der Waals surface area contributed by atoms with Crippen molar-refractivity contribution >= 4 is 22.4 Å². The third-order valence-corrected chi connectivity index (χ3v) is 3.28. The molecule has 2 heterocycles. The average Bonchev–Trinajstić information content (AvgIpc) is 2.93. The van der Waals surface area contributed by atoms with Gasteiger partial charge in [0.05, 0.1) is 18.8 Å². The molecule has 2 aromatic rings. The maximum absolute atomic E-state index is 11.6. The monoisotopic (exact) mass is 281 g/mol. The maximum atomic E-state index is 11.6. The summed E-state index contributed by atoms with van der Waals surface area (Å²) >= 11 is 1.41. The molecule has 0 saturated heterocycles. The van der Waals surface area contributed by atoms with Crippen molar-refractivity contribution in [1.82, 2.24) is 10.1 Å². The Kier molecular flexibility index (Phi) is 4.16. The fraction of sp³-hybridized carbons (Fsp3) is 0.417. The molecule has 0 aromatic carbocycles. The molecule has 0 fully saturated rings. The van der Waals surface area contributed by atoms with E-state index in [1.807, 2.05) is 19.9 Å². The first-order valence-corrected chi connectivity index (χ1v) is 6.72.